The van der Waals surface area contributed by atoms with E-state index in [0.717, 1.165) is 12.5 Å². The first-order valence-corrected chi connectivity index (χ1v) is 7.97. The van der Waals surface area contributed by atoms with Gasteiger partial charge in [0.1, 0.15) is 0 Å². The van der Waals surface area contributed by atoms with Gasteiger partial charge in [0.05, 0.1) is 0 Å². The topological polar surface area (TPSA) is 26.7 Å². The van der Waals surface area contributed by atoms with E-state index in [2.05, 4.69) is 9.80 Å². The van der Waals surface area contributed by atoms with Crippen molar-refractivity contribution >= 4 is 0 Å². The molecule has 0 radical (unpaired) electrons. The number of rotatable bonds is 7. The van der Waals surface area contributed by atoms with Crippen LogP contribution in [0.15, 0.2) is 0 Å². The average molecular weight is 254 g/mol. The zero-order valence-electron chi connectivity index (χ0n) is 11.8. The van der Waals surface area contributed by atoms with Crippen LogP contribution < -0.4 is 0 Å². The van der Waals surface area contributed by atoms with E-state index in [4.69, 9.17) is 5.11 Å². The maximum atomic E-state index is 8.73. The lowest BCUT2D eigenvalue weighted by atomic mass is 10.1. The van der Waals surface area contributed by atoms with Gasteiger partial charge in [-0.05, 0) is 32.2 Å². The molecule has 3 nitrogen and oxygen atoms in total. The summed E-state index contributed by atoms with van der Waals surface area (Å²) in [6, 6.07) is 0.914. The Hall–Kier alpha value is -0.120. The predicted octanol–water partition coefficient (Wildman–Crippen LogP) is 2.10. The highest BCUT2D eigenvalue weighted by atomic mass is 16.2. The largest absolute Gasteiger partial charge is 0.396 e. The first-order valence-electron chi connectivity index (χ1n) is 7.97. The van der Waals surface area contributed by atoms with Crippen molar-refractivity contribution in [3.05, 3.63) is 0 Å². The number of nitrogens with zero attached hydrogens (tertiary/aromatic N) is 2. The summed E-state index contributed by atoms with van der Waals surface area (Å²) in [6.07, 6.45) is 10.6. The van der Waals surface area contributed by atoms with Gasteiger partial charge in [-0.2, -0.15) is 0 Å². The van der Waals surface area contributed by atoms with Crippen LogP contribution in [0.3, 0.4) is 0 Å². The van der Waals surface area contributed by atoms with Crippen LogP contribution >= 0.6 is 0 Å². The maximum absolute atomic E-state index is 8.73. The average Bonchev–Trinajstić information content (AvgIpc) is 2.93. The van der Waals surface area contributed by atoms with Crippen LogP contribution in [-0.2, 0) is 0 Å². The second kappa shape index (κ2) is 8.13. The predicted molar refractivity (Wildman–Crippen MR) is 75.8 cm³/mol. The molecular weight excluding hydrogens is 224 g/mol. The van der Waals surface area contributed by atoms with Crippen molar-refractivity contribution < 1.29 is 5.11 Å². The van der Waals surface area contributed by atoms with Gasteiger partial charge in [0, 0.05) is 38.8 Å². The molecule has 0 aromatic heterocycles. The van der Waals surface area contributed by atoms with Crippen LogP contribution in [-0.4, -0.2) is 60.3 Å². The Morgan fingerprint density at radius 1 is 0.833 bits per heavy atom. The van der Waals surface area contributed by atoms with E-state index < -0.39 is 0 Å². The molecule has 18 heavy (non-hydrogen) atoms. The SMILES string of the molecule is OCCCCCCN1CCN(C2CCCC2)CC1. The summed E-state index contributed by atoms with van der Waals surface area (Å²) in [5.41, 5.74) is 0. The van der Waals surface area contributed by atoms with Crippen LogP contribution in [0.1, 0.15) is 51.4 Å². The standard InChI is InChI=1S/C15H30N2O/c18-14-6-2-1-5-9-16-10-12-17(13-11-16)15-7-3-4-8-15/h15,18H,1-14H2. The van der Waals surface area contributed by atoms with Gasteiger partial charge in [-0.1, -0.05) is 25.7 Å². The van der Waals surface area contributed by atoms with Gasteiger partial charge in [0.2, 0.25) is 0 Å². The molecule has 2 fully saturated rings. The van der Waals surface area contributed by atoms with Crippen molar-refractivity contribution in [1.82, 2.24) is 9.80 Å². The molecule has 106 valence electrons. The summed E-state index contributed by atoms with van der Waals surface area (Å²) in [4.78, 5) is 5.36. The molecule has 0 amide bonds. The molecule has 1 heterocycles. The van der Waals surface area contributed by atoms with Crippen molar-refractivity contribution in [3.8, 4) is 0 Å². The second-order valence-corrected chi connectivity index (χ2v) is 5.95. The highest BCUT2D eigenvalue weighted by Crippen LogP contribution is 2.24. The number of piperazine rings is 1. The van der Waals surface area contributed by atoms with Gasteiger partial charge in [-0.25, -0.2) is 0 Å². The summed E-state index contributed by atoms with van der Waals surface area (Å²) in [6.45, 7) is 6.76. The molecule has 1 saturated carbocycles. The second-order valence-electron chi connectivity index (χ2n) is 5.95. The van der Waals surface area contributed by atoms with Gasteiger partial charge in [0.25, 0.3) is 0 Å². The molecule has 2 rings (SSSR count). The van der Waals surface area contributed by atoms with E-state index in [9.17, 15) is 0 Å². The smallest absolute Gasteiger partial charge is 0.0431 e. The maximum Gasteiger partial charge on any atom is 0.0431 e. The molecule has 0 aromatic rings. The lowest BCUT2D eigenvalue weighted by Crippen LogP contribution is -2.49. The Labute approximate surface area is 112 Å². The fourth-order valence-corrected chi connectivity index (χ4v) is 3.42. The van der Waals surface area contributed by atoms with Crippen molar-refractivity contribution in [2.45, 2.75) is 57.4 Å². The quantitative estimate of drug-likeness (QED) is 0.705. The molecule has 1 saturated heterocycles. The Morgan fingerprint density at radius 3 is 2.17 bits per heavy atom. The van der Waals surface area contributed by atoms with Gasteiger partial charge in [-0.15, -0.1) is 0 Å². The highest BCUT2D eigenvalue weighted by Gasteiger charge is 2.25. The highest BCUT2D eigenvalue weighted by molar-refractivity contribution is 4.81. The fraction of sp³-hybridized carbons (Fsp3) is 1.00. The van der Waals surface area contributed by atoms with E-state index >= 15 is 0 Å². The molecular formula is C15H30N2O. The molecule has 1 aliphatic heterocycles. The molecule has 2 aliphatic rings. The summed E-state index contributed by atoms with van der Waals surface area (Å²) in [5.74, 6) is 0. The Kier molecular flexibility index (Phi) is 6.46. The van der Waals surface area contributed by atoms with Crippen molar-refractivity contribution in [2.24, 2.45) is 0 Å². The van der Waals surface area contributed by atoms with Gasteiger partial charge in [0.15, 0.2) is 0 Å². The third kappa shape index (κ3) is 4.52. The number of hydrogen-bond acceptors (Lipinski definition) is 3. The van der Waals surface area contributed by atoms with Gasteiger partial charge >= 0.3 is 0 Å². The van der Waals surface area contributed by atoms with Crippen LogP contribution in [0, 0.1) is 0 Å². The summed E-state index contributed by atoms with van der Waals surface area (Å²) < 4.78 is 0. The van der Waals surface area contributed by atoms with Crippen molar-refractivity contribution in [3.63, 3.8) is 0 Å². The van der Waals surface area contributed by atoms with E-state index in [-0.39, 0.29) is 0 Å². The summed E-state index contributed by atoms with van der Waals surface area (Å²) in [7, 11) is 0. The van der Waals surface area contributed by atoms with E-state index in [1.807, 2.05) is 0 Å². The van der Waals surface area contributed by atoms with Crippen LogP contribution in [0.2, 0.25) is 0 Å². The normalized spacial score (nSPS) is 23.8. The first-order chi connectivity index (χ1) is 8.90. The molecule has 3 heteroatoms. The molecule has 1 N–H and O–H groups in total. The molecule has 0 aromatic carbocycles. The number of aliphatic hydroxyl groups excluding tert-OH is 1. The van der Waals surface area contributed by atoms with Gasteiger partial charge < -0.3 is 10.0 Å². The third-order valence-corrected chi connectivity index (χ3v) is 4.63. The summed E-state index contributed by atoms with van der Waals surface area (Å²) >= 11 is 0. The summed E-state index contributed by atoms with van der Waals surface area (Å²) in [5, 5.41) is 8.73. The number of hydrogen-bond donors (Lipinski definition) is 1. The van der Waals surface area contributed by atoms with Crippen LogP contribution in [0.5, 0.6) is 0 Å². The van der Waals surface area contributed by atoms with E-state index in [0.29, 0.717) is 6.61 Å². The lowest BCUT2D eigenvalue weighted by molar-refractivity contribution is 0.0966. The fourth-order valence-electron chi connectivity index (χ4n) is 3.42. The zero-order valence-corrected chi connectivity index (χ0v) is 11.8. The molecule has 0 unspecified atom stereocenters. The minimum Gasteiger partial charge on any atom is -0.396 e. The monoisotopic (exact) mass is 254 g/mol. The Morgan fingerprint density at radius 2 is 1.50 bits per heavy atom. The number of unbranched alkanes of at least 4 members (excludes halogenated alkanes) is 3. The number of aliphatic hydroxyl groups is 1. The third-order valence-electron chi connectivity index (χ3n) is 4.63. The first kappa shape index (κ1) is 14.3. The zero-order chi connectivity index (χ0) is 12.6. The molecule has 0 spiro atoms. The van der Waals surface area contributed by atoms with Crippen molar-refractivity contribution in [1.29, 1.82) is 0 Å². The van der Waals surface area contributed by atoms with Gasteiger partial charge in [-0.3, -0.25) is 4.90 Å². The molecule has 0 atom stereocenters. The van der Waals surface area contributed by atoms with Crippen molar-refractivity contribution in [2.75, 3.05) is 39.3 Å². The van der Waals surface area contributed by atoms with E-state index in [1.54, 1.807) is 0 Å². The van der Waals surface area contributed by atoms with Crippen LogP contribution in [0.4, 0.5) is 0 Å². The van der Waals surface area contributed by atoms with Crippen LogP contribution in [0.25, 0.3) is 0 Å². The molecule has 0 bridgehead atoms. The van der Waals surface area contributed by atoms with E-state index in [1.165, 1.54) is 77.7 Å². The Balaban J connectivity index is 1.53. The lowest BCUT2D eigenvalue weighted by Gasteiger charge is -2.38. The minimum atomic E-state index is 0.361. The minimum absolute atomic E-state index is 0.361. The Bertz CT molecular complexity index is 209. The molecule has 1 aliphatic carbocycles.